The number of aliphatic imine (C=N–C) groups is 1. The molecule has 2 N–H and O–H groups in total. The lowest BCUT2D eigenvalue weighted by Crippen LogP contribution is -2.51. The molecule has 2 aromatic rings. The van der Waals surface area contributed by atoms with Gasteiger partial charge in [0, 0.05) is 38.6 Å². The molecule has 1 aromatic heterocycles. The number of piperazine rings is 1. The first-order chi connectivity index (χ1) is 12.8. The van der Waals surface area contributed by atoms with E-state index in [1.54, 1.807) is 12.4 Å². The third-order valence-corrected chi connectivity index (χ3v) is 5.42. The second-order valence-electron chi connectivity index (χ2n) is 7.07. The van der Waals surface area contributed by atoms with Gasteiger partial charge >= 0.3 is 0 Å². The number of anilines is 1. The molecule has 2 heterocycles. The molecule has 1 saturated carbocycles. The van der Waals surface area contributed by atoms with Crippen LogP contribution in [-0.4, -0.2) is 47.0 Å². The Kier molecular flexibility index (Phi) is 5.00. The van der Waals surface area contributed by atoms with Gasteiger partial charge in [0.2, 0.25) is 5.95 Å². The van der Waals surface area contributed by atoms with Crippen LogP contribution in [0.3, 0.4) is 0 Å². The standard InChI is InChI=1S/C20H26N6/c21-19(24-15-16-5-7-18(8-6-16)17-3-1-4-17)25-11-13-26(14-12-25)20-22-9-2-10-23-20/h2,5-10,17H,1,3-4,11-15H2,(H2,21,24). The van der Waals surface area contributed by atoms with Crippen LogP contribution in [0.5, 0.6) is 0 Å². The number of nitrogens with zero attached hydrogens (tertiary/aromatic N) is 5. The maximum atomic E-state index is 6.22. The van der Waals surface area contributed by atoms with Gasteiger partial charge in [-0.2, -0.15) is 0 Å². The number of benzene rings is 1. The smallest absolute Gasteiger partial charge is 0.225 e. The third-order valence-electron chi connectivity index (χ3n) is 5.42. The van der Waals surface area contributed by atoms with E-state index in [1.807, 2.05) is 6.07 Å². The maximum absolute atomic E-state index is 6.22. The van der Waals surface area contributed by atoms with Crippen LogP contribution >= 0.6 is 0 Å². The highest BCUT2D eigenvalue weighted by Crippen LogP contribution is 2.36. The fraction of sp³-hybridized carbons (Fsp3) is 0.450. The van der Waals surface area contributed by atoms with Gasteiger partial charge in [0.15, 0.2) is 5.96 Å². The largest absolute Gasteiger partial charge is 0.370 e. The van der Waals surface area contributed by atoms with E-state index in [9.17, 15) is 0 Å². The van der Waals surface area contributed by atoms with Crippen molar-refractivity contribution in [2.24, 2.45) is 10.7 Å². The predicted octanol–water partition coefficient (Wildman–Crippen LogP) is 2.38. The number of nitrogens with two attached hydrogens (primary N) is 1. The highest BCUT2D eigenvalue weighted by molar-refractivity contribution is 5.78. The van der Waals surface area contributed by atoms with Crippen molar-refractivity contribution >= 4 is 11.9 Å². The lowest BCUT2D eigenvalue weighted by atomic mass is 9.80. The third kappa shape index (κ3) is 3.79. The van der Waals surface area contributed by atoms with Crippen molar-refractivity contribution in [1.82, 2.24) is 14.9 Å². The van der Waals surface area contributed by atoms with Gasteiger partial charge in [-0.25, -0.2) is 15.0 Å². The minimum atomic E-state index is 0.627. The summed E-state index contributed by atoms with van der Waals surface area (Å²) in [5.41, 5.74) is 8.90. The molecule has 1 aromatic carbocycles. The van der Waals surface area contributed by atoms with Crippen LogP contribution < -0.4 is 10.6 Å². The van der Waals surface area contributed by atoms with Crippen molar-refractivity contribution in [3.63, 3.8) is 0 Å². The van der Waals surface area contributed by atoms with Gasteiger partial charge in [-0.1, -0.05) is 30.7 Å². The van der Waals surface area contributed by atoms with E-state index in [-0.39, 0.29) is 0 Å². The zero-order valence-electron chi connectivity index (χ0n) is 15.1. The highest BCUT2D eigenvalue weighted by atomic mass is 15.3. The van der Waals surface area contributed by atoms with E-state index < -0.39 is 0 Å². The highest BCUT2D eigenvalue weighted by Gasteiger charge is 2.20. The fourth-order valence-corrected chi connectivity index (χ4v) is 3.50. The Hall–Kier alpha value is -2.63. The van der Waals surface area contributed by atoms with E-state index >= 15 is 0 Å². The average Bonchev–Trinajstić information content (AvgIpc) is 2.67. The van der Waals surface area contributed by atoms with Gasteiger partial charge in [-0.05, 0) is 36.0 Å². The molecule has 0 atom stereocenters. The number of rotatable bonds is 4. The summed E-state index contributed by atoms with van der Waals surface area (Å²) in [6.45, 7) is 4.04. The van der Waals surface area contributed by atoms with Crippen molar-refractivity contribution in [3.8, 4) is 0 Å². The molecule has 0 unspecified atom stereocenters. The number of hydrogen-bond acceptors (Lipinski definition) is 4. The molecule has 2 fully saturated rings. The van der Waals surface area contributed by atoms with E-state index in [1.165, 1.54) is 30.4 Å². The maximum Gasteiger partial charge on any atom is 0.225 e. The summed E-state index contributed by atoms with van der Waals surface area (Å²) in [5.74, 6) is 2.19. The SMILES string of the molecule is NC(=NCc1ccc(C2CCC2)cc1)N1CCN(c2ncccn2)CC1. The Labute approximate surface area is 154 Å². The molecule has 0 bridgehead atoms. The summed E-state index contributed by atoms with van der Waals surface area (Å²) in [4.78, 5) is 17.5. The van der Waals surface area contributed by atoms with Gasteiger partial charge in [0.25, 0.3) is 0 Å². The zero-order chi connectivity index (χ0) is 17.8. The van der Waals surface area contributed by atoms with E-state index in [4.69, 9.17) is 5.73 Å². The van der Waals surface area contributed by atoms with E-state index in [0.29, 0.717) is 12.5 Å². The molecule has 1 saturated heterocycles. The summed E-state index contributed by atoms with van der Waals surface area (Å²) >= 11 is 0. The Bertz CT molecular complexity index is 731. The first-order valence-corrected chi connectivity index (χ1v) is 9.45. The summed E-state index contributed by atoms with van der Waals surface area (Å²) in [6.07, 6.45) is 7.60. The van der Waals surface area contributed by atoms with Crippen LogP contribution in [0.4, 0.5) is 5.95 Å². The molecule has 0 spiro atoms. The lowest BCUT2D eigenvalue weighted by molar-refractivity contribution is 0.378. The van der Waals surface area contributed by atoms with Gasteiger partial charge in [-0.3, -0.25) is 0 Å². The first-order valence-electron chi connectivity index (χ1n) is 9.45. The van der Waals surface area contributed by atoms with E-state index in [2.05, 4.69) is 49.0 Å². The predicted molar refractivity (Wildman–Crippen MR) is 104 cm³/mol. The number of hydrogen-bond donors (Lipinski definition) is 1. The molecule has 136 valence electrons. The van der Waals surface area contributed by atoms with Gasteiger partial charge < -0.3 is 15.5 Å². The number of aromatic nitrogens is 2. The second-order valence-corrected chi connectivity index (χ2v) is 7.07. The molecule has 26 heavy (non-hydrogen) atoms. The summed E-state index contributed by atoms with van der Waals surface area (Å²) in [5, 5.41) is 0. The summed E-state index contributed by atoms with van der Waals surface area (Å²) in [7, 11) is 0. The summed E-state index contributed by atoms with van der Waals surface area (Å²) < 4.78 is 0. The quantitative estimate of drug-likeness (QED) is 0.677. The Morgan fingerprint density at radius 3 is 2.35 bits per heavy atom. The molecule has 6 heteroatoms. The molecule has 0 amide bonds. The van der Waals surface area contributed by atoms with Crippen molar-refractivity contribution < 1.29 is 0 Å². The zero-order valence-corrected chi connectivity index (χ0v) is 15.1. The van der Waals surface area contributed by atoms with Crippen LogP contribution in [-0.2, 0) is 6.54 Å². The average molecular weight is 350 g/mol. The van der Waals surface area contributed by atoms with Crippen LogP contribution in [0.1, 0.15) is 36.3 Å². The topological polar surface area (TPSA) is 70.6 Å². The van der Waals surface area contributed by atoms with Gasteiger partial charge in [0.05, 0.1) is 6.54 Å². The number of guanidine groups is 1. The monoisotopic (exact) mass is 350 g/mol. The molecular weight excluding hydrogens is 324 g/mol. The van der Waals surface area contributed by atoms with Crippen LogP contribution in [0.15, 0.2) is 47.7 Å². The molecule has 1 aliphatic carbocycles. The normalized spacial score (nSPS) is 18.7. The molecule has 4 rings (SSSR count). The van der Waals surface area contributed by atoms with Crippen LogP contribution in [0, 0.1) is 0 Å². The minimum Gasteiger partial charge on any atom is -0.370 e. The van der Waals surface area contributed by atoms with Crippen LogP contribution in [0.25, 0.3) is 0 Å². The fourth-order valence-electron chi connectivity index (χ4n) is 3.50. The Morgan fingerprint density at radius 2 is 1.73 bits per heavy atom. The lowest BCUT2D eigenvalue weighted by Gasteiger charge is -2.35. The van der Waals surface area contributed by atoms with E-state index in [0.717, 1.165) is 38.0 Å². The van der Waals surface area contributed by atoms with Crippen molar-refractivity contribution in [2.75, 3.05) is 31.1 Å². The molecule has 1 aliphatic heterocycles. The molecular formula is C20H26N6. The Balaban J connectivity index is 1.29. The van der Waals surface area contributed by atoms with Crippen molar-refractivity contribution in [3.05, 3.63) is 53.9 Å². The summed E-state index contributed by atoms with van der Waals surface area (Å²) in [6, 6.07) is 10.7. The molecule has 2 aliphatic rings. The first kappa shape index (κ1) is 16.8. The van der Waals surface area contributed by atoms with Crippen molar-refractivity contribution in [1.29, 1.82) is 0 Å². The second kappa shape index (κ2) is 7.72. The van der Waals surface area contributed by atoms with Crippen molar-refractivity contribution in [2.45, 2.75) is 31.7 Å². The molecule has 0 radical (unpaired) electrons. The van der Waals surface area contributed by atoms with Gasteiger partial charge in [0.1, 0.15) is 0 Å². The van der Waals surface area contributed by atoms with Crippen LogP contribution in [0.2, 0.25) is 0 Å². The van der Waals surface area contributed by atoms with Gasteiger partial charge in [-0.15, -0.1) is 0 Å². The molecule has 6 nitrogen and oxygen atoms in total. The Morgan fingerprint density at radius 1 is 1.04 bits per heavy atom. The minimum absolute atomic E-state index is 0.627.